The molecule has 1 fully saturated rings. The summed E-state index contributed by atoms with van der Waals surface area (Å²) in [4.78, 5) is 30.2. The molecule has 0 radical (unpaired) electrons. The summed E-state index contributed by atoms with van der Waals surface area (Å²) in [6, 6.07) is 21.4. The molecular weight excluding hydrogens is 404 g/mol. The lowest BCUT2D eigenvalue weighted by atomic mass is 10.1. The van der Waals surface area contributed by atoms with Gasteiger partial charge in [-0.1, -0.05) is 36.4 Å². The predicted molar refractivity (Wildman–Crippen MR) is 118 cm³/mol. The van der Waals surface area contributed by atoms with Gasteiger partial charge in [0.25, 0.3) is 5.91 Å². The average molecular weight is 428 g/mol. The summed E-state index contributed by atoms with van der Waals surface area (Å²) in [7, 11) is 0. The van der Waals surface area contributed by atoms with Gasteiger partial charge < -0.3 is 14.6 Å². The zero-order chi connectivity index (χ0) is 22.3. The highest BCUT2D eigenvalue weighted by Crippen LogP contribution is 2.18. The average Bonchev–Trinajstić information content (AvgIpc) is 3.36. The number of furan rings is 1. The number of carbonyl (C=O) groups is 2. The molecule has 1 saturated heterocycles. The number of benzene rings is 2. The van der Waals surface area contributed by atoms with Crippen LogP contribution in [0, 0.1) is 11.3 Å². The summed E-state index contributed by atoms with van der Waals surface area (Å²) < 4.78 is 5.45. The zero-order valence-electron chi connectivity index (χ0n) is 17.6. The zero-order valence-corrected chi connectivity index (χ0v) is 17.6. The van der Waals surface area contributed by atoms with E-state index in [1.54, 1.807) is 35.4 Å². The van der Waals surface area contributed by atoms with Crippen molar-refractivity contribution in [2.24, 2.45) is 0 Å². The Hall–Kier alpha value is -3.89. The van der Waals surface area contributed by atoms with Crippen molar-refractivity contribution in [3.8, 4) is 6.07 Å². The van der Waals surface area contributed by atoms with E-state index >= 15 is 0 Å². The number of nitrogens with one attached hydrogen (secondary N) is 1. The summed E-state index contributed by atoms with van der Waals surface area (Å²) in [6.07, 6.45) is 1.63. The van der Waals surface area contributed by atoms with Crippen molar-refractivity contribution in [3.05, 3.63) is 95.4 Å². The minimum atomic E-state index is -0.652. The molecule has 2 heterocycles. The normalized spacial score (nSPS) is 16.3. The van der Waals surface area contributed by atoms with Crippen LogP contribution in [0.4, 0.5) is 0 Å². The highest BCUT2D eigenvalue weighted by Gasteiger charge is 2.36. The number of hydrogen-bond acceptors (Lipinski definition) is 5. The molecule has 4 rings (SSSR count). The van der Waals surface area contributed by atoms with E-state index in [9.17, 15) is 14.9 Å². The van der Waals surface area contributed by atoms with Crippen LogP contribution in [0.1, 0.15) is 27.2 Å². The summed E-state index contributed by atoms with van der Waals surface area (Å²) >= 11 is 0. The van der Waals surface area contributed by atoms with Gasteiger partial charge in [0.15, 0.2) is 0 Å². The van der Waals surface area contributed by atoms with E-state index < -0.39 is 6.04 Å². The second-order valence-corrected chi connectivity index (χ2v) is 7.72. The SMILES string of the molecule is N#Cc1cccc(C(=O)N2CCN(Cc3ccco3)CC2C(=O)NCc2ccccc2)c1. The van der Waals surface area contributed by atoms with E-state index in [4.69, 9.17) is 4.42 Å². The van der Waals surface area contributed by atoms with Crippen molar-refractivity contribution in [1.82, 2.24) is 15.1 Å². The molecule has 32 heavy (non-hydrogen) atoms. The summed E-state index contributed by atoms with van der Waals surface area (Å²) in [5, 5.41) is 12.1. The van der Waals surface area contributed by atoms with Crippen LogP contribution in [-0.2, 0) is 17.9 Å². The number of rotatable bonds is 6. The van der Waals surface area contributed by atoms with Gasteiger partial charge in [-0.25, -0.2) is 0 Å². The molecule has 1 unspecified atom stereocenters. The summed E-state index contributed by atoms with van der Waals surface area (Å²) in [5.74, 6) is 0.359. The maximum absolute atomic E-state index is 13.3. The molecular formula is C25H24N4O3. The minimum absolute atomic E-state index is 0.206. The number of hydrogen-bond donors (Lipinski definition) is 1. The van der Waals surface area contributed by atoms with Crippen LogP contribution in [0.3, 0.4) is 0 Å². The number of amides is 2. The van der Waals surface area contributed by atoms with E-state index in [1.807, 2.05) is 42.5 Å². The Balaban J connectivity index is 1.52. The third-order valence-corrected chi connectivity index (χ3v) is 5.54. The van der Waals surface area contributed by atoms with Crippen LogP contribution in [0.25, 0.3) is 0 Å². The van der Waals surface area contributed by atoms with Gasteiger partial charge in [0.2, 0.25) is 5.91 Å². The van der Waals surface area contributed by atoms with Crippen LogP contribution in [0.2, 0.25) is 0 Å². The van der Waals surface area contributed by atoms with Crippen LogP contribution in [-0.4, -0.2) is 47.3 Å². The molecule has 0 spiro atoms. The van der Waals surface area contributed by atoms with Crippen molar-refractivity contribution in [2.45, 2.75) is 19.1 Å². The van der Waals surface area contributed by atoms with Gasteiger partial charge in [-0.15, -0.1) is 0 Å². The van der Waals surface area contributed by atoms with Crippen LogP contribution in [0.15, 0.2) is 77.4 Å². The van der Waals surface area contributed by atoms with E-state index in [1.165, 1.54) is 0 Å². The van der Waals surface area contributed by atoms with Gasteiger partial charge in [0.1, 0.15) is 11.8 Å². The first-order valence-corrected chi connectivity index (χ1v) is 10.5. The lowest BCUT2D eigenvalue weighted by molar-refractivity contribution is -0.128. The maximum atomic E-state index is 13.3. The minimum Gasteiger partial charge on any atom is -0.468 e. The molecule has 1 aromatic heterocycles. The highest BCUT2D eigenvalue weighted by molar-refractivity contribution is 5.98. The largest absolute Gasteiger partial charge is 0.468 e. The fourth-order valence-corrected chi connectivity index (χ4v) is 3.86. The Kier molecular flexibility index (Phi) is 6.63. The Morgan fingerprint density at radius 2 is 1.91 bits per heavy atom. The Bertz CT molecular complexity index is 1110. The molecule has 1 atom stereocenters. The van der Waals surface area contributed by atoms with Gasteiger partial charge in [0, 0.05) is 31.7 Å². The third kappa shape index (κ3) is 5.05. The monoisotopic (exact) mass is 428 g/mol. The quantitative estimate of drug-likeness (QED) is 0.652. The smallest absolute Gasteiger partial charge is 0.254 e. The van der Waals surface area contributed by atoms with Crippen molar-refractivity contribution in [2.75, 3.05) is 19.6 Å². The topological polar surface area (TPSA) is 89.6 Å². The van der Waals surface area contributed by atoms with Crippen molar-refractivity contribution in [3.63, 3.8) is 0 Å². The first-order valence-electron chi connectivity index (χ1n) is 10.5. The Morgan fingerprint density at radius 1 is 1.06 bits per heavy atom. The van der Waals surface area contributed by atoms with Crippen molar-refractivity contribution >= 4 is 11.8 Å². The standard InChI is InChI=1S/C25H24N4O3/c26-15-20-8-4-9-21(14-20)25(31)29-12-11-28(17-22-10-5-13-32-22)18-23(29)24(30)27-16-19-6-2-1-3-7-19/h1-10,13-14,23H,11-12,16-18H2,(H,27,30). The molecule has 1 aliphatic heterocycles. The lowest BCUT2D eigenvalue weighted by Gasteiger charge is -2.40. The Morgan fingerprint density at radius 3 is 2.66 bits per heavy atom. The van der Waals surface area contributed by atoms with E-state index in [0.29, 0.717) is 43.9 Å². The predicted octanol–water partition coefficient (Wildman–Crippen LogP) is 2.79. The van der Waals surface area contributed by atoms with Gasteiger partial charge in [0.05, 0.1) is 24.4 Å². The molecule has 7 heteroatoms. The molecule has 162 valence electrons. The fourth-order valence-electron chi connectivity index (χ4n) is 3.86. The summed E-state index contributed by atoms with van der Waals surface area (Å²) in [6.45, 7) is 2.37. The molecule has 3 aromatic rings. The van der Waals surface area contributed by atoms with E-state index in [0.717, 1.165) is 11.3 Å². The molecule has 0 bridgehead atoms. The number of piperazine rings is 1. The molecule has 7 nitrogen and oxygen atoms in total. The van der Waals surface area contributed by atoms with E-state index in [2.05, 4.69) is 16.3 Å². The molecule has 2 amide bonds. The third-order valence-electron chi connectivity index (χ3n) is 5.54. The van der Waals surface area contributed by atoms with Crippen LogP contribution >= 0.6 is 0 Å². The Labute approximate surface area is 186 Å². The molecule has 0 aliphatic carbocycles. The van der Waals surface area contributed by atoms with Crippen molar-refractivity contribution < 1.29 is 14.0 Å². The van der Waals surface area contributed by atoms with Gasteiger partial charge in [-0.05, 0) is 35.9 Å². The second-order valence-electron chi connectivity index (χ2n) is 7.72. The molecule has 2 aromatic carbocycles. The lowest BCUT2D eigenvalue weighted by Crippen LogP contribution is -2.60. The number of nitriles is 1. The first kappa shape index (κ1) is 21.3. The fraction of sp³-hybridized carbons (Fsp3) is 0.240. The van der Waals surface area contributed by atoms with Crippen molar-refractivity contribution in [1.29, 1.82) is 5.26 Å². The number of nitrogens with zero attached hydrogens (tertiary/aromatic N) is 3. The molecule has 1 aliphatic rings. The maximum Gasteiger partial charge on any atom is 0.254 e. The molecule has 0 saturated carbocycles. The van der Waals surface area contributed by atoms with Gasteiger partial charge in [-0.2, -0.15) is 5.26 Å². The number of carbonyl (C=O) groups excluding carboxylic acids is 2. The van der Waals surface area contributed by atoms with Gasteiger partial charge in [-0.3, -0.25) is 14.5 Å². The highest BCUT2D eigenvalue weighted by atomic mass is 16.3. The van der Waals surface area contributed by atoms with E-state index in [-0.39, 0.29) is 11.8 Å². The summed E-state index contributed by atoms with van der Waals surface area (Å²) in [5.41, 5.74) is 1.81. The molecule has 1 N–H and O–H groups in total. The van der Waals surface area contributed by atoms with Crippen LogP contribution in [0.5, 0.6) is 0 Å². The first-order chi connectivity index (χ1) is 15.6. The second kappa shape index (κ2) is 9.94. The van der Waals surface area contributed by atoms with Gasteiger partial charge >= 0.3 is 0 Å². The van der Waals surface area contributed by atoms with Crippen LogP contribution < -0.4 is 5.32 Å².